The Morgan fingerprint density at radius 2 is 0.582 bits per heavy atom. The van der Waals surface area contributed by atoms with Gasteiger partial charge in [-0.05, 0) is 148 Å². The molecule has 0 aromatic rings. The lowest BCUT2D eigenvalue weighted by atomic mass is 10.1. The number of rotatable bonds is 65. The summed E-state index contributed by atoms with van der Waals surface area (Å²) >= 11 is 0. The largest absolute Gasteiger partial charge is 0.472 e. The molecule has 0 saturated carbocycles. The molecule has 0 radical (unpaired) electrons. The van der Waals surface area contributed by atoms with Crippen LogP contribution >= 0.6 is 15.6 Å². The van der Waals surface area contributed by atoms with Gasteiger partial charge in [-0.3, -0.25) is 37.3 Å². The molecular formula is C79H124O17P2. The van der Waals surface area contributed by atoms with E-state index in [4.69, 9.17) is 37.0 Å². The van der Waals surface area contributed by atoms with E-state index in [0.717, 1.165) is 141 Å². The Morgan fingerprint density at radius 1 is 0.306 bits per heavy atom. The first-order chi connectivity index (χ1) is 47.7. The van der Waals surface area contributed by atoms with Crippen LogP contribution in [-0.2, 0) is 65.4 Å². The number of aliphatic hydroxyl groups excluding tert-OH is 1. The van der Waals surface area contributed by atoms with Crippen molar-refractivity contribution < 1.29 is 80.2 Å². The van der Waals surface area contributed by atoms with Crippen molar-refractivity contribution in [1.29, 1.82) is 0 Å². The van der Waals surface area contributed by atoms with Crippen molar-refractivity contribution >= 4 is 39.5 Å². The van der Waals surface area contributed by atoms with Gasteiger partial charge in [0, 0.05) is 19.3 Å². The fourth-order valence-electron chi connectivity index (χ4n) is 8.48. The van der Waals surface area contributed by atoms with Crippen LogP contribution < -0.4 is 0 Å². The fraction of sp³-hybridized carbons (Fsp3) is 0.570. The van der Waals surface area contributed by atoms with Crippen LogP contribution in [-0.4, -0.2) is 96.7 Å². The molecule has 5 unspecified atom stereocenters. The van der Waals surface area contributed by atoms with Crippen molar-refractivity contribution in [2.45, 2.75) is 251 Å². The number of carbonyl (C=O) groups excluding carboxylic acids is 4. The molecule has 0 aliphatic carbocycles. The Hall–Kier alpha value is -5.84. The van der Waals surface area contributed by atoms with Crippen LogP contribution in [0.15, 0.2) is 182 Å². The van der Waals surface area contributed by atoms with Gasteiger partial charge in [0.15, 0.2) is 12.2 Å². The van der Waals surface area contributed by atoms with E-state index in [9.17, 15) is 43.2 Å². The summed E-state index contributed by atoms with van der Waals surface area (Å²) in [5, 5.41) is 10.6. The predicted molar refractivity (Wildman–Crippen MR) is 399 cm³/mol. The van der Waals surface area contributed by atoms with Gasteiger partial charge < -0.3 is 33.8 Å². The molecule has 0 saturated heterocycles. The van der Waals surface area contributed by atoms with Crippen LogP contribution in [0.2, 0.25) is 0 Å². The normalized spacial score (nSPS) is 15.1. The van der Waals surface area contributed by atoms with Crippen molar-refractivity contribution in [3.8, 4) is 0 Å². The molecular weight excluding hydrogens is 1280 g/mol. The van der Waals surface area contributed by atoms with E-state index < -0.39 is 97.5 Å². The van der Waals surface area contributed by atoms with E-state index in [1.54, 1.807) is 12.2 Å². The van der Waals surface area contributed by atoms with Crippen LogP contribution in [0.1, 0.15) is 233 Å². The highest BCUT2D eigenvalue weighted by atomic mass is 31.2. The lowest BCUT2D eigenvalue weighted by Crippen LogP contribution is -2.30. The maximum absolute atomic E-state index is 13.0. The number of ether oxygens (including phenoxy) is 4. The van der Waals surface area contributed by atoms with E-state index in [0.29, 0.717) is 32.1 Å². The van der Waals surface area contributed by atoms with E-state index in [-0.39, 0.29) is 25.7 Å². The van der Waals surface area contributed by atoms with Crippen molar-refractivity contribution in [1.82, 2.24) is 0 Å². The number of phosphoric ester groups is 2. The number of hydrogen-bond acceptors (Lipinski definition) is 15. The number of carbonyl (C=O) groups is 4. The van der Waals surface area contributed by atoms with Gasteiger partial charge in [0.2, 0.25) is 0 Å². The third-order valence-electron chi connectivity index (χ3n) is 13.9. The second-order valence-corrected chi connectivity index (χ2v) is 26.0. The summed E-state index contributed by atoms with van der Waals surface area (Å²) in [5.41, 5.74) is 0. The molecule has 552 valence electrons. The number of esters is 4. The number of allylic oxidation sites excluding steroid dienone is 29. The van der Waals surface area contributed by atoms with Crippen LogP contribution in [0.5, 0.6) is 0 Å². The van der Waals surface area contributed by atoms with E-state index >= 15 is 0 Å². The summed E-state index contributed by atoms with van der Waals surface area (Å²) < 4.78 is 68.0. The molecule has 0 amide bonds. The number of unbranched alkanes of at least 4 members (excludes halogenated alkanes) is 10. The first-order valence-corrected chi connectivity index (χ1v) is 39.0. The highest BCUT2D eigenvalue weighted by molar-refractivity contribution is 7.47. The quantitative estimate of drug-likeness (QED) is 0.0169. The Bertz CT molecular complexity index is 2580. The maximum atomic E-state index is 13.0. The second-order valence-electron chi connectivity index (χ2n) is 23.0. The highest BCUT2D eigenvalue weighted by Gasteiger charge is 2.30. The standard InChI is InChI=1S/C79H124O17P2/c1-5-9-13-17-21-25-29-32-35-36-39-41-45-48-52-56-60-64-77(82)90-70-75(96-79(84)66-62-58-54-50-46-42-38-34-31-27-23-19-15-11-7-3)72-94-98(87,88)92-68-73(80)67-91-97(85,86)93-71-74(95-78(83)65-61-57-53-49-43-28-24-20-16-12-8-4)69-89-76(81)63-59-55-51-47-44-40-37-33-30-26-22-18-14-10-6-2/h9-11,13-15,20-27,32-35,37-39,41,44,46-48,50,52,58,62,73-75,80H,5-8,12,16-19,28-31,36,40,42-43,45,49,51,53-57,59-61,63-72H2,1-4H3,(H,85,86)(H,87,88)/b13-9-,14-10-,15-11-,24-20-,25-21-,26-22-,27-23-,35-32-,37-33-,38-34-,41-39-,47-44-,50-46-,52-48-,62-58-. The summed E-state index contributed by atoms with van der Waals surface area (Å²) in [6, 6.07) is 0. The van der Waals surface area contributed by atoms with E-state index in [1.807, 2.05) is 24.3 Å². The molecule has 0 bridgehead atoms. The summed E-state index contributed by atoms with van der Waals surface area (Å²) in [4.78, 5) is 72.6. The lowest BCUT2D eigenvalue weighted by Gasteiger charge is -2.21. The van der Waals surface area contributed by atoms with Gasteiger partial charge in [0.05, 0.1) is 32.8 Å². The van der Waals surface area contributed by atoms with Gasteiger partial charge >= 0.3 is 39.5 Å². The Morgan fingerprint density at radius 3 is 0.980 bits per heavy atom. The molecule has 0 aromatic carbocycles. The molecule has 0 rings (SSSR count). The first-order valence-electron chi connectivity index (χ1n) is 36.0. The minimum absolute atomic E-state index is 0.0554. The topological polar surface area (TPSA) is 237 Å². The second kappa shape index (κ2) is 69.6. The van der Waals surface area contributed by atoms with Crippen LogP contribution in [0.4, 0.5) is 0 Å². The van der Waals surface area contributed by atoms with Gasteiger partial charge in [-0.15, -0.1) is 0 Å². The molecule has 3 N–H and O–H groups in total. The van der Waals surface area contributed by atoms with E-state index in [2.05, 4.69) is 174 Å². The molecule has 0 aliphatic rings. The van der Waals surface area contributed by atoms with Gasteiger partial charge in [0.1, 0.15) is 19.3 Å². The molecule has 0 aromatic heterocycles. The zero-order valence-electron chi connectivity index (χ0n) is 59.9. The molecule has 98 heavy (non-hydrogen) atoms. The SMILES string of the molecule is CC/C=C\C/C=C\C/C=C\C/C=C\C/C=C\CCCC(=O)OCC(COP(=O)(O)OCC(O)COP(=O)(O)OCC(COC(=O)CCCC/C=C\C/C=C\C/C=C\C/C=C\CC)OC(=O)CCCCCCC/C=C\CCCC)OC(=O)C/C=C\C/C=C\C/C=C\C/C=C\C/C=C\CC. The van der Waals surface area contributed by atoms with Crippen LogP contribution in [0.25, 0.3) is 0 Å². The minimum Gasteiger partial charge on any atom is -0.462 e. The predicted octanol–water partition coefficient (Wildman–Crippen LogP) is 20.4. The number of aliphatic hydroxyl groups is 1. The zero-order valence-corrected chi connectivity index (χ0v) is 61.7. The molecule has 0 heterocycles. The van der Waals surface area contributed by atoms with Crippen LogP contribution in [0.3, 0.4) is 0 Å². The van der Waals surface area contributed by atoms with Crippen LogP contribution in [0, 0.1) is 0 Å². The molecule has 0 spiro atoms. The average molecular weight is 1410 g/mol. The summed E-state index contributed by atoms with van der Waals surface area (Å²) in [6.45, 7) is 4.19. The van der Waals surface area contributed by atoms with Crippen molar-refractivity contribution in [3.05, 3.63) is 182 Å². The van der Waals surface area contributed by atoms with Crippen molar-refractivity contribution in [2.24, 2.45) is 0 Å². The number of phosphoric acid groups is 2. The summed E-state index contributed by atoms with van der Waals surface area (Å²) in [5.74, 6) is -2.48. The maximum Gasteiger partial charge on any atom is 0.472 e. The smallest absolute Gasteiger partial charge is 0.462 e. The molecule has 0 aliphatic heterocycles. The molecule has 19 heteroatoms. The minimum atomic E-state index is -5.02. The molecule has 17 nitrogen and oxygen atoms in total. The zero-order chi connectivity index (χ0) is 71.8. The highest BCUT2D eigenvalue weighted by Crippen LogP contribution is 2.45. The monoisotopic (exact) mass is 1410 g/mol. The summed E-state index contributed by atoms with van der Waals surface area (Å²) in [7, 11) is -10.0. The summed E-state index contributed by atoms with van der Waals surface area (Å²) in [6.07, 6.45) is 82.4. The Balaban J connectivity index is 5.51. The van der Waals surface area contributed by atoms with Gasteiger partial charge in [-0.25, -0.2) is 9.13 Å². The lowest BCUT2D eigenvalue weighted by molar-refractivity contribution is -0.161. The van der Waals surface area contributed by atoms with E-state index in [1.165, 1.54) is 6.42 Å². The van der Waals surface area contributed by atoms with Crippen molar-refractivity contribution in [2.75, 3.05) is 39.6 Å². The Labute approximate surface area is 590 Å². The Kier molecular flexibility index (Phi) is 65.5. The third kappa shape index (κ3) is 68.7. The number of hydrogen-bond donors (Lipinski definition) is 3. The molecule has 5 atom stereocenters. The fourth-order valence-corrected chi connectivity index (χ4v) is 10.1. The molecule has 0 fully saturated rings. The van der Waals surface area contributed by atoms with Gasteiger partial charge in [-0.2, -0.15) is 0 Å². The van der Waals surface area contributed by atoms with Gasteiger partial charge in [0.25, 0.3) is 0 Å². The van der Waals surface area contributed by atoms with Gasteiger partial charge in [-0.1, -0.05) is 242 Å². The average Bonchev–Trinajstić information content (AvgIpc) is 0.986. The first kappa shape index (κ1) is 92.2. The van der Waals surface area contributed by atoms with Crippen molar-refractivity contribution in [3.63, 3.8) is 0 Å². The third-order valence-corrected chi connectivity index (χ3v) is 15.8.